The number of rotatable bonds is 2. The number of hydrogen-bond acceptors (Lipinski definition) is 3. The molecule has 0 radical (unpaired) electrons. The van der Waals surface area contributed by atoms with Gasteiger partial charge in [0.25, 0.3) is 0 Å². The van der Waals surface area contributed by atoms with E-state index in [-0.39, 0.29) is 5.70 Å². The van der Waals surface area contributed by atoms with Crippen LogP contribution in [0.15, 0.2) is 30.2 Å². The number of pyridine rings is 1. The minimum absolute atomic E-state index is 0.115. The van der Waals surface area contributed by atoms with E-state index in [1.54, 1.807) is 18.5 Å². The maximum atomic E-state index is 10.5. The van der Waals surface area contributed by atoms with Gasteiger partial charge in [-0.3, -0.25) is 10.1 Å². The van der Waals surface area contributed by atoms with Gasteiger partial charge in [0.15, 0.2) is 0 Å². The SMILES string of the molecule is CC(=Cc1ccnc2[nH]ccc12)[N+](=O)[O-]. The molecule has 0 aliphatic heterocycles. The molecule has 0 fully saturated rings. The second kappa shape index (κ2) is 3.53. The molecule has 5 heteroatoms. The van der Waals surface area contributed by atoms with Gasteiger partial charge in [0, 0.05) is 30.8 Å². The highest BCUT2D eigenvalue weighted by molar-refractivity contribution is 5.85. The maximum Gasteiger partial charge on any atom is 0.243 e. The lowest BCUT2D eigenvalue weighted by Gasteiger charge is -1.95. The molecule has 0 spiro atoms. The summed E-state index contributed by atoms with van der Waals surface area (Å²) in [5, 5.41) is 11.4. The smallest absolute Gasteiger partial charge is 0.243 e. The quantitative estimate of drug-likeness (QED) is 0.600. The Bertz CT molecular complexity index is 542. The first kappa shape index (κ1) is 9.39. The normalized spacial score (nSPS) is 11.9. The number of hydrogen-bond donors (Lipinski definition) is 1. The zero-order valence-corrected chi connectivity index (χ0v) is 8.10. The van der Waals surface area contributed by atoms with Crippen LogP contribution >= 0.6 is 0 Å². The third-order valence-electron chi connectivity index (χ3n) is 2.15. The van der Waals surface area contributed by atoms with Crippen molar-refractivity contribution in [2.75, 3.05) is 0 Å². The second-order valence-corrected chi connectivity index (χ2v) is 3.18. The van der Waals surface area contributed by atoms with Crippen molar-refractivity contribution >= 4 is 17.1 Å². The van der Waals surface area contributed by atoms with Crippen LogP contribution in [-0.4, -0.2) is 14.9 Å². The molecule has 0 bridgehead atoms. The van der Waals surface area contributed by atoms with Crippen molar-refractivity contribution < 1.29 is 4.92 Å². The summed E-state index contributed by atoms with van der Waals surface area (Å²) in [6, 6.07) is 3.60. The Morgan fingerprint density at radius 1 is 1.60 bits per heavy atom. The molecule has 2 aromatic rings. The van der Waals surface area contributed by atoms with E-state index >= 15 is 0 Å². The first-order valence-electron chi connectivity index (χ1n) is 4.43. The van der Waals surface area contributed by atoms with E-state index in [0.29, 0.717) is 0 Å². The zero-order chi connectivity index (χ0) is 10.8. The highest BCUT2D eigenvalue weighted by Crippen LogP contribution is 2.17. The molecule has 0 aromatic carbocycles. The third kappa shape index (κ3) is 1.71. The fraction of sp³-hybridized carbons (Fsp3) is 0.100. The lowest BCUT2D eigenvalue weighted by Crippen LogP contribution is -1.93. The van der Waals surface area contributed by atoms with Crippen molar-refractivity contribution in [2.45, 2.75) is 6.92 Å². The monoisotopic (exact) mass is 203 g/mol. The number of fused-ring (bicyclic) bond motifs is 1. The Labute approximate surface area is 85.6 Å². The Morgan fingerprint density at radius 3 is 3.13 bits per heavy atom. The molecule has 0 atom stereocenters. The van der Waals surface area contributed by atoms with Crippen molar-refractivity contribution in [1.82, 2.24) is 9.97 Å². The minimum Gasteiger partial charge on any atom is -0.346 e. The summed E-state index contributed by atoms with van der Waals surface area (Å²) in [7, 11) is 0. The van der Waals surface area contributed by atoms with E-state index in [2.05, 4.69) is 9.97 Å². The lowest BCUT2D eigenvalue weighted by molar-refractivity contribution is -0.422. The van der Waals surface area contributed by atoms with Crippen LogP contribution in [0.5, 0.6) is 0 Å². The van der Waals surface area contributed by atoms with Gasteiger partial charge >= 0.3 is 0 Å². The van der Waals surface area contributed by atoms with Crippen LogP contribution < -0.4 is 0 Å². The van der Waals surface area contributed by atoms with Crippen molar-refractivity contribution in [3.63, 3.8) is 0 Å². The molecule has 2 heterocycles. The number of aromatic amines is 1. The van der Waals surface area contributed by atoms with Crippen LogP contribution in [0, 0.1) is 10.1 Å². The molecule has 15 heavy (non-hydrogen) atoms. The van der Waals surface area contributed by atoms with Crippen LogP contribution in [0.1, 0.15) is 12.5 Å². The fourth-order valence-corrected chi connectivity index (χ4v) is 1.39. The molecular weight excluding hydrogens is 194 g/mol. The van der Waals surface area contributed by atoms with Crippen LogP contribution in [0.4, 0.5) is 0 Å². The van der Waals surface area contributed by atoms with Crippen molar-refractivity contribution in [3.05, 3.63) is 45.9 Å². The molecule has 0 saturated heterocycles. The first-order chi connectivity index (χ1) is 7.18. The van der Waals surface area contributed by atoms with Gasteiger partial charge in [-0.05, 0) is 17.7 Å². The van der Waals surface area contributed by atoms with Crippen LogP contribution in [0.2, 0.25) is 0 Å². The predicted molar refractivity (Wildman–Crippen MR) is 56.7 cm³/mol. The Balaban J connectivity index is 2.57. The van der Waals surface area contributed by atoms with Crippen molar-refractivity contribution in [2.24, 2.45) is 0 Å². The Morgan fingerprint density at radius 2 is 2.40 bits per heavy atom. The molecule has 0 unspecified atom stereocenters. The van der Waals surface area contributed by atoms with E-state index in [1.807, 2.05) is 6.07 Å². The van der Waals surface area contributed by atoms with E-state index in [1.165, 1.54) is 13.0 Å². The van der Waals surface area contributed by atoms with Gasteiger partial charge in [0.05, 0.1) is 4.92 Å². The van der Waals surface area contributed by atoms with E-state index in [0.717, 1.165) is 16.6 Å². The average Bonchev–Trinajstić information content (AvgIpc) is 2.66. The van der Waals surface area contributed by atoms with Crippen LogP contribution in [0.3, 0.4) is 0 Å². The number of aromatic nitrogens is 2. The summed E-state index contributed by atoms with van der Waals surface area (Å²) in [4.78, 5) is 17.1. The Hall–Kier alpha value is -2.17. The van der Waals surface area contributed by atoms with E-state index in [9.17, 15) is 10.1 Å². The largest absolute Gasteiger partial charge is 0.346 e. The van der Waals surface area contributed by atoms with Crippen molar-refractivity contribution in [3.8, 4) is 0 Å². The molecule has 0 aliphatic rings. The molecule has 2 aromatic heterocycles. The second-order valence-electron chi connectivity index (χ2n) is 3.18. The summed E-state index contributed by atoms with van der Waals surface area (Å²) in [5.41, 5.74) is 1.65. The molecule has 0 saturated carbocycles. The van der Waals surface area contributed by atoms with E-state index < -0.39 is 4.92 Å². The molecule has 5 nitrogen and oxygen atoms in total. The van der Waals surface area contributed by atoms with Crippen LogP contribution in [-0.2, 0) is 0 Å². The van der Waals surface area contributed by atoms with Gasteiger partial charge in [-0.25, -0.2) is 4.98 Å². The summed E-state index contributed by atoms with van der Waals surface area (Å²) in [5.74, 6) is 0. The van der Waals surface area contributed by atoms with Crippen LogP contribution in [0.25, 0.3) is 17.1 Å². The van der Waals surface area contributed by atoms with Gasteiger partial charge in [0.2, 0.25) is 5.70 Å². The molecule has 0 aliphatic carbocycles. The first-order valence-corrected chi connectivity index (χ1v) is 4.43. The topological polar surface area (TPSA) is 71.8 Å². The number of nitrogens with one attached hydrogen (secondary N) is 1. The fourth-order valence-electron chi connectivity index (χ4n) is 1.39. The van der Waals surface area contributed by atoms with Gasteiger partial charge in [-0.15, -0.1) is 0 Å². The molecule has 1 N–H and O–H groups in total. The summed E-state index contributed by atoms with van der Waals surface area (Å²) in [6.45, 7) is 1.47. The highest BCUT2D eigenvalue weighted by Gasteiger charge is 2.05. The molecule has 0 amide bonds. The van der Waals surface area contributed by atoms with Gasteiger partial charge in [-0.2, -0.15) is 0 Å². The van der Waals surface area contributed by atoms with E-state index in [4.69, 9.17) is 0 Å². The van der Waals surface area contributed by atoms with Gasteiger partial charge in [-0.1, -0.05) is 0 Å². The maximum absolute atomic E-state index is 10.5. The molecular formula is C10H9N3O2. The minimum atomic E-state index is -0.404. The number of nitro groups is 1. The lowest BCUT2D eigenvalue weighted by atomic mass is 10.1. The highest BCUT2D eigenvalue weighted by atomic mass is 16.6. The predicted octanol–water partition coefficient (Wildman–Crippen LogP) is 2.20. The third-order valence-corrected chi connectivity index (χ3v) is 2.15. The average molecular weight is 203 g/mol. The summed E-state index contributed by atoms with van der Waals surface area (Å²) >= 11 is 0. The van der Waals surface area contributed by atoms with Gasteiger partial charge in [0.1, 0.15) is 5.65 Å². The zero-order valence-electron chi connectivity index (χ0n) is 8.10. The number of H-pyrrole nitrogens is 1. The summed E-state index contributed by atoms with van der Waals surface area (Å²) in [6.07, 6.45) is 4.92. The standard InChI is InChI=1S/C10H9N3O2/c1-7(13(14)15)6-8-2-4-11-10-9(8)3-5-12-10/h2-6H,1H3,(H,11,12). The molecule has 2 rings (SSSR count). The van der Waals surface area contributed by atoms with Gasteiger partial charge < -0.3 is 4.98 Å². The molecule has 76 valence electrons. The number of allylic oxidation sites excluding steroid dienone is 1. The number of nitrogens with zero attached hydrogens (tertiary/aromatic N) is 2. The van der Waals surface area contributed by atoms with Crippen molar-refractivity contribution in [1.29, 1.82) is 0 Å². The summed E-state index contributed by atoms with van der Waals surface area (Å²) < 4.78 is 0. The Kier molecular flexibility index (Phi) is 2.21.